The lowest BCUT2D eigenvalue weighted by Gasteiger charge is -2.19. The van der Waals surface area contributed by atoms with E-state index in [9.17, 15) is 0 Å². The van der Waals surface area contributed by atoms with Gasteiger partial charge in [0.25, 0.3) is 0 Å². The highest BCUT2D eigenvalue weighted by molar-refractivity contribution is 4.87. The molecule has 1 rings (SSSR count). The molecule has 11 heavy (non-hydrogen) atoms. The van der Waals surface area contributed by atoms with Gasteiger partial charge in [-0.05, 0) is 19.8 Å². The van der Waals surface area contributed by atoms with Crippen LogP contribution in [0.2, 0.25) is 0 Å². The SMILES string of the molecule is CCC1CN(C(C)C)CC1N. The molecule has 1 fully saturated rings. The minimum absolute atomic E-state index is 0.419. The molecule has 0 aromatic carbocycles. The van der Waals surface area contributed by atoms with E-state index in [1.54, 1.807) is 0 Å². The van der Waals surface area contributed by atoms with Crippen molar-refractivity contribution in [3.63, 3.8) is 0 Å². The van der Waals surface area contributed by atoms with Gasteiger partial charge in [-0.15, -0.1) is 0 Å². The van der Waals surface area contributed by atoms with E-state index in [2.05, 4.69) is 25.7 Å². The van der Waals surface area contributed by atoms with Crippen LogP contribution in [-0.4, -0.2) is 30.1 Å². The highest BCUT2D eigenvalue weighted by Crippen LogP contribution is 2.19. The average Bonchev–Trinajstić information content (AvgIpc) is 2.31. The maximum absolute atomic E-state index is 5.98. The maximum Gasteiger partial charge on any atom is 0.0208 e. The molecule has 1 saturated heterocycles. The van der Waals surface area contributed by atoms with Gasteiger partial charge < -0.3 is 5.73 Å². The van der Waals surface area contributed by atoms with E-state index in [0.717, 1.165) is 12.5 Å². The van der Waals surface area contributed by atoms with Crippen molar-refractivity contribution in [2.75, 3.05) is 13.1 Å². The van der Waals surface area contributed by atoms with Crippen molar-refractivity contribution in [1.29, 1.82) is 0 Å². The molecule has 66 valence electrons. The molecular weight excluding hydrogens is 136 g/mol. The molecule has 0 spiro atoms. The zero-order valence-electron chi connectivity index (χ0n) is 7.88. The molecule has 2 unspecified atom stereocenters. The predicted molar refractivity (Wildman–Crippen MR) is 48.5 cm³/mol. The summed E-state index contributed by atoms with van der Waals surface area (Å²) in [6.45, 7) is 9.01. The summed E-state index contributed by atoms with van der Waals surface area (Å²) < 4.78 is 0. The van der Waals surface area contributed by atoms with E-state index in [1.807, 2.05) is 0 Å². The lowest BCUT2D eigenvalue weighted by Crippen LogP contribution is -2.32. The standard InChI is InChI=1S/C9H20N2/c1-4-8-5-11(7(2)3)6-9(8)10/h7-9H,4-6,10H2,1-3H3. The zero-order chi connectivity index (χ0) is 8.43. The molecule has 2 nitrogen and oxygen atoms in total. The average molecular weight is 156 g/mol. The molecular formula is C9H20N2. The normalized spacial score (nSPS) is 33.5. The van der Waals surface area contributed by atoms with Gasteiger partial charge in [-0.3, -0.25) is 4.90 Å². The van der Waals surface area contributed by atoms with Gasteiger partial charge in [0.1, 0.15) is 0 Å². The summed E-state index contributed by atoms with van der Waals surface area (Å²) in [7, 11) is 0. The fourth-order valence-electron chi connectivity index (χ4n) is 1.78. The second-order valence-corrected chi connectivity index (χ2v) is 3.88. The van der Waals surface area contributed by atoms with Crippen LogP contribution in [0.1, 0.15) is 27.2 Å². The first-order valence-corrected chi connectivity index (χ1v) is 4.64. The van der Waals surface area contributed by atoms with Crippen LogP contribution in [-0.2, 0) is 0 Å². The fraction of sp³-hybridized carbons (Fsp3) is 1.00. The molecule has 0 aliphatic carbocycles. The molecule has 2 atom stereocenters. The van der Waals surface area contributed by atoms with Gasteiger partial charge in [0.2, 0.25) is 0 Å². The van der Waals surface area contributed by atoms with Gasteiger partial charge in [-0.2, -0.15) is 0 Å². The molecule has 2 heteroatoms. The number of nitrogens with two attached hydrogens (primary N) is 1. The molecule has 0 bridgehead atoms. The monoisotopic (exact) mass is 156 g/mol. The number of likely N-dealkylation sites (tertiary alicyclic amines) is 1. The smallest absolute Gasteiger partial charge is 0.0208 e. The van der Waals surface area contributed by atoms with Crippen LogP contribution >= 0.6 is 0 Å². The summed E-state index contributed by atoms with van der Waals surface area (Å²) in [6, 6.07) is 1.08. The predicted octanol–water partition coefficient (Wildman–Crippen LogP) is 1.06. The molecule has 1 heterocycles. The molecule has 0 aromatic heterocycles. The highest BCUT2D eigenvalue weighted by Gasteiger charge is 2.29. The fourth-order valence-corrected chi connectivity index (χ4v) is 1.78. The van der Waals surface area contributed by atoms with Crippen molar-refractivity contribution in [2.24, 2.45) is 11.7 Å². The van der Waals surface area contributed by atoms with Crippen molar-refractivity contribution in [2.45, 2.75) is 39.3 Å². The maximum atomic E-state index is 5.98. The van der Waals surface area contributed by atoms with E-state index in [1.165, 1.54) is 13.0 Å². The quantitative estimate of drug-likeness (QED) is 0.648. The largest absolute Gasteiger partial charge is 0.326 e. The Morgan fingerprint density at radius 1 is 1.45 bits per heavy atom. The van der Waals surface area contributed by atoms with Crippen molar-refractivity contribution in [3.05, 3.63) is 0 Å². The van der Waals surface area contributed by atoms with Crippen LogP contribution in [0.4, 0.5) is 0 Å². The first kappa shape index (κ1) is 9.01. The van der Waals surface area contributed by atoms with Gasteiger partial charge in [-0.1, -0.05) is 13.3 Å². The lowest BCUT2D eigenvalue weighted by molar-refractivity contribution is 0.263. The van der Waals surface area contributed by atoms with Crippen LogP contribution in [0.25, 0.3) is 0 Å². The minimum atomic E-state index is 0.419. The molecule has 0 aromatic rings. The first-order valence-electron chi connectivity index (χ1n) is 4.64. The van der Waals surface area contributed by atoms with Crippen molar-refractivity contribution in [3.8, 4) is 0 Å². The number of hydrogen-bond donors (Lipinski definition) is 1. The molecule has 1 aliphatic rings. The van der Waals surface area contributed by atoms with Gasteiger partial charge in [0.15, 0.2) is 0 Å². The minimum Gasteiger partial charge on any atom is -0.326 e. The Morgan fingerprint density at radius 2 is 2.09 bits per heavy atom. The van der Waals surface area contributed by atoms with Crippen LogP contribution in [0, 0.1) is 5.92 Å². The van der Waals surface area contributed by atoms with Gasteiger partial charge in [-0.25, -0.2) is 0 Å². The molecule has 2 N–H and O–H groups in total. The van der Waals surface area contributed by atoms with Gasteiger partial charge in [0.05, 0.1) is 0 Å². The third kappa shape index (κ3) is 1.94. The molecule has 1 aliphatic heterocycles. The van der Waals surface area contributed by atoms with E-state index >= 15 is 0 Å². The van der Waals surface area contributed by atoms with E-state index in [0.29, 0.717) is 12.1 Å². The Labute approximate surface area is 69.8 Å². The van der Waals surface area contributed by atoms with Crippen LogP contribution in [0.15, 0.2) is 0 Å². The number of hydrogen-bond acceptors (Lipinski definition) is 2. The second-order valence-electron chi connectivity index (χ2n) is 3.88. The Morgan fingerprint density at radius 3 is 2.36 bits per heavy atom. The lowest BCUT2D eigenvalue weighted by atomic mass is 10.0. The Kier molecular flexibility index (Phi) is 2.90. The summed E-state index contributed by atoms with van der Waals surface area (Å²) in [5.74, 6) is 0.734. The summed E-state index contributed by atoms with van der Waals surface area (Å²) in [6.07, 6.45) is 1.23. The van der Waals surface area contributed by atoms with Gasteiger partial charge >= 0.3 is 0 Å². The molecule has 0 amide bonds. The van der Waals surface area contributed by atoms with Crippen LogP contribution < -0.4 is 5.73 Å². The van der Waals surface area contributed by atoms with E-state index in [-0.39, 0.29) is 0 Å². The van der Waals surface area contributed by atoms with Crippen LogP contribution in [0.3, 0.4) is 0 Å². The third-order valence-corrected chi connectivity index (χ3v) is 2.77. The zero-order valence-corrected chi connectivity index (χ0v) is 7.88. The summed E-state index contributed by atoms with van der Waals surface area (Å²) in [5.41, 5.74) is 5.98. The number of nitrogens with zero attached hydrogens (tertiary/aromatic N) is 1. The first-order chi connectivity index (χ1) is 5.15. The Balaban J connectivity index is 2.43. The summed E-state index contributed by atoms with van der Waals surface area (Å²) in [5, 5.41) is 0. The van der Waals surface area contributed by atoms with Crippen molar-refractivity contribution < 1.29 is 0 Å². The second kappa shape index (κ2) is 3.55. The molecule has 0 radical (unpaired) electrons. The summed E-state index contributed by atoms with van der Waals surface area (Å²) >= 11 is 0. The Bertz CT molecular complexity index is 123. The van der Waals surface area contributed by atoms with Gasteiger partial charge in [0, 0.05) is 25.2 Å². The Hall–Kier alpha value is -0.0800. The highest BCUT2D eigenvalue weighted by atomic mass is 15.2. The van der Waals surface area contributed by atoms with Crippen molar-refractivity contribution >= 4 is 0 Å². The molecule has 0 saturated carbocycles. The van der Waals surface area contributed by atoms with Crippen molar-refractivity contribution in [1.82, 2.24) is 4.90 Å². The van der Waals surface area contributed by atoms with E-state index < -0.39 is 0 Å². The third-order valence-electron chi connectivity index (χ3n) is 2.77. The summed E-state index contributed by atoms with van der Waals surface area (Å²) in [4.78, 5) is 2.47. The topological polar surface area (TPSA) is 29.3 Å². The van der Waals surface area contributed by atoms with Crippen LogP contribution in [0.5, 0.6) is 0 Å². The number of rotatable bonds is 2. The van der Waals surface area contributed by atoms with E-state index in [4.69, 9.17) is 5.73 Å².